The lowest BCUT2D eigenvalue weighted by molar-refractivity contribution is -0.00545. The van der Waals surface area contributed by atoms with Crippen molar-refractivity contribution >= 4 is 11.8 Å². The van der Waals surface area contributed by atoms with Gasteiger partial charge in [0, 0.05) is 39.4 Å². The second kappa shape index (κ2) is 9.69. The Morgan fingerprint density at radius 1 is 1.14 bits per heavy atom. The van der Waals surface area contributed by atoms with Crippen LogP contribution in [0.2, 0.25) is 0 Å². The summed E-state index contributed by atoms with van der Waals surface area (Å²) in [5.41, 5.74) is 2.58. The molecule has 2 atom stereocenters. The maximum Gasteiger partial charge on any atom is 0.191 e. The number of nitrogens with one attached hydrogen (secondary N) is 2. The molecule has 1 aliphatic heterocycles. The molecule has 1 aromatic heterocycles. The highest BCUT2D eigenvalue weighted by molar-refractivity contribution is 5.79. The SMILES string of the molecule is CN=C(NCc1ccc(N2CC(C)OC(C)C2)nc1)NCc1ccc(C)c(F)c1. The Morgan fingerprint density at radius 3 is 2.38 bits per heavy atom. The van der Waals surface area contributed by atoms with Crippen LogP contribution >= 0.6 is 0 Å². The Labute approximate surface area is 172 Å². The van der Waals surface area contributed by atoms with Gasteiger partial charge < -0.3 is 20.3 Å². The zero-order valence-electron chi connectivity index (χ0n) is 17.6. The molecule has 29 heavy (non-hydrogen) atoms. The van der Waals surface area contributed by atoms with Gasteiger partial charge in [-0.2, -0.15) is 0 Å². The van der Waals surface area contributed by atoms with E-state index >= 15 is 0 Å². The van der Waals surface area contributed by atoms with Crippen molar-refractivity contribution in [3.63, 3.8) is 0 Å². The molecule has 0 radical (unpaired) electrons. The van der Waals surface area contributed by atoms with E-state index in [1.165, 1.54) is 0 Å². The molecule has 156 valence electrons. The Kier molecular flexibility index (Phi) is 7.04. The predicted molar refractivity (Wildman–Crippen MR) is 115 cm³/mol. The lowest BCUT2D eigenvalue weighted by Gasteiger charge is -2.36. The van der Waals surface area contributed by atoms with Gasteiger partial charge in [0.2, 0.25) is 0 Å². The number of hydrogen-bond acceptors (Lipinski definition) is 4. The third-order valence-electron chi connectivity index (χ3n) is 4.93. The second-order valence-electron chi connectivity index (χ2n) is 7.55. The van der Waals surface area contributed by atoms with Crippen LogP contribution in [-0.2, 0) is 17.8 Å². The highest BCUT2D eigenvalue weighted by Gasteiger charge is 2.22. The minimum Gasteiger partial charge on any atom is -0.372 e. The van der Waals surface area contributed by atoms with E-state index in [0.717, 1.165) is 30.0 Å². The first-order valence-electron chi connectivity index (χ1n) is 9.99. The third-order valence-corrected chi connectivity index (χ3v) is 4.93. The molecular weight excluding hydrogens is 369 g/mol. The first kappa shape index (κ1) is 21.0. The van der Waals surface area contributed by atoms with Gasteiger partial charge in [-0.3, -0.25) is 4.99 Å². The van der Waals surface area contributed by atoms with Gasteiger partial charge in [-0.15, -0.1) is 0 Å². The average molecular weight is 400 g/mol. The zero-order chi connectivity index (χ0) is 20.8. The third kappa shape index (κ3) is 5.90. The van der Waals surface area contributed by atoms with E-state index in [9.17, 15) is 4.39 Å². The average Bonchev–Trinajstić information content (AvgIpc) is 2.70. The van der Waals surface area contributed by atoms with Gasteiger partial charge in [0.1, 0.15) is 11.6 Å². The number of morpholine rings is 1. The van der Waals surface area contributed by atoms with E-state index in [0.29, 0.717) is 24.6 Å². The summed E-state index contributed by atoms with van der Waals surface area (Å²) in [6.07, 6.45) is 2.30. The number of anilines is 1. The summed E-state index contributed by atoms with van der Waals surface area (Å²) in [7, 11) is 1.72. The molecule has 7 heteroatoms. The largest absolute Gasteiger partial charge is 0.372 e. The summed E-state index contributed by atoms with van der Waals surface area (Å²) in [6, 6.07) is 9.36. The van der Waals surface area contributed by atoms with Crippen molar-refractivity contribution in [2.24, 2.45) is 4.99 Å². The van der Waals surface area contributed by atoms with E-state index in [4.69, 9.17) is 4.74 Å². The highest BCUT2D eigenvalue weighted by Crippen LogP contribution is 2.18. The molecule has 1 aliphatic rings. The standard InChI is InChI=1S/C22H30FN5O/c1-15-5-6-18(9-20(15)23)10-26-22(24-4)27-12-19-7-8-21(25-11-19)28-13-16(2)29-17(3)14-28/h5-9,11,16-17H,10,12-14H2,1-4H3,(H2,24,26,27). The number of halogens is 1. The molecule has 3 rings (SSSR count). The monoisotopic (exact) mass is 399 g/mol. The van der Waals surface area contributed by atoms with Crippen LogP contribution in [-0.4, -0.2) is 43.3 Å². The van der Waals surface area contributed by atoms with Gasteiger partial charge >= 0.3 is 0 Å². The summed E-state index contributed by atoms with van der Waals surface area (Å²) in [5.74, 6) is 1.44. The summed E-state index contributed by atoms with van der Waals surface area (Å²) in [5, 5.41) is 6.47. The van der Waals surface area contributed by atoms with Crippen LogP contribution in [0.3, 0.4) is 0 Å². The molecular formula is C22H30FN5O. The Hall–Kier alpha value is -2.67. The quantitative estimate of drug-likeness (QED) is 0.598. The van der Waals surface area contributed by atoms with Gasteiger partial charge in [0.25, 0.3) is 0 Å². The van der Waals surface area contributed by atoms with Gasteiger partial charge in [0.15, 0.2) is 5.96 Å². The van der Waals surface area contributed by atoms with Crippen molar-refractivity contribution in [1.82, 2.24) is 15.6 Å². The van der Waals surface area contributed by atoms with Crippen LogP contribution in [0.5, 0.6) is 0 Å². The minimum absolute atomic E-state index is 0.192. The van der Waals surface area contributed by atoms with Crippen molar-refractivity contribution in [3.05, 3.63) is 59.0 Å². The summed E-state index contributed by atoms with van der Waals surface area (Å²) < 4.78 is 19.5. The Morgan fingerprint density at radius 2 is 1.79 bits per heavy atom. The van der Waals surface area contributed by atoms with Gasteiger partial charge in [-0.1, -0.05) is 18.2 Å². The number of aryl methyl sites for hydroxylation is 1. The topological polar surface area (TPSA) is 61.8 Å². The molecule has 0 bridgehead atoms. The Bertz CT molecular complexity index is 830. The van der Waals surface area contributed by atoms with E-state index < -0.39 is 0 Å². The van der Waals surface area contributed by atoms with Gasteiger partial charge in [0.05, 0.1) is 12.2 Å². The predicted octanol–water partition coefficient (Wildman–Crippen LogP) is 3.01. The smallest absolute Gasteiger partial charge is 0.191 e. The van der Waals surface area contributed by atoms with Crippen molar-refractivity contribution in [3.8, 4) is 0 Å². The molecule has 2 unspecified atom stereocenters. The number of aromatic nitrogens is 1. The van der Waals surface area contributed by atoms with Crippen LogP contribution in [0.15, 0.2) is 41.5 Å². The maximum atomic E-state index is 13.7. The van der Waals surface area contributed by atoms with Crippen LogP contribution in [0.25, 0.3) is 0 Å². The fraction of sp³-hybridized carbons (Fsp3) is 0.455. The number of rotatable bonds is 5. The molecule has 2 N–H and O–H groups in total. The normalized spacial score (nSPS) is 19.9. The van der Waals surface area contributed by atoms with E-state index in [1.807, 2.05) is 18.3 Å². The number of pyridine rings is 1. The fourth-order valence-electron chi connectivity index (χ4n) is 3.41. The molecule has 0 spiro atoms. The lowest BCUT2D eigenvalue weighted by Crippen LogP contribution is -2.45. The summed E-state index contributed by atoms with van der Waals surface area (Å²) in [6.45, 7) is 8.74. The van der Waals surface area contributed by atoms with Crippen molar-refractivity contribution < 1.29 is 9.13 Å². The number of ether oxygens (including phenoxy) is 1. The first-order valence-corrected chi connectivity index (χ1v) is 9.99. The minimum atomic E-state index is -0.192. The first-order chi connectivity index (χ1) is 13.9. The van der Waals surface area contributed by atoms with Crippen molar-refractivity contribution in [2.75, 3.05) is 25.0 Å². The van der Waals surface area contributed by atoms with Crippen LogP contribution < -0.4 is 15.5 Å². The highest BCUT2D eigenvalue weighted by atomic mass is 19.1. The van der Waals surface area contributed by atoms with E-state index in [-0.39, 0.29) is 18.0 Å². The summed E-state index contributed by atoms with van der Waals surface area (Å²) in [4.78, 5) is 11.1. The Balaban J connectivity index is 1.51. The van der Waals surface area contributed by atoms with Crippen LogP contribution in [0.4, 0.5) is 10.2 Å². The van der Waals surface area contributed by atoms with Gasteiger partial charge in [-0.05, 0) is 49.6 Å². The van der Waals surface area contributed by atoms with Crippen molar-refractivity contribution in [2.45, 2.75) is 46.1 Å². The molecule has 0 amide bonds. The molecule has 1 fully saturated rings. The van der Waals surface area contributed by atoms with E-state index in [2.05, 4.69) is 45.4 Å². The van der Waals surface area contributed by atoms with Crippen LogP contribution in [0, 0.1) is 12.7 Å². The number of aliphatic imine (C=N–C) groups is 1. The molecule has 0 aliphatic carbocycles. The second-order valence-corrected chi connectivity index (χ2v) is 7.55. The molecule has 2 heterocycles. The molecule has 1 aromatic carbocycles. The number of hydrogen-bond donors (Lipinski definition) is 2. The fourth-order valence-corrected chi connectivity index (χ4v) is 3.41. The molecule has 1 saturated heterocycles. The molecule has 0 saturated carbocycles. The van der Waals surface area contributed by atoms with Gasteiger partial charge in [-0.25, -0.2) is 9.37 Å². The molecule has 6 nitrogen and oxygen atoms in total. The van der Waals surface area contributed by atoms with Crippen molar-refractivity contribution in [1.29, 1.82) is 0 Å². The number of guanidine groups is 1. The zero-order valence-corrected chi connectivity index (χ0v) is 17.6. The summed E-state index contributed by atoms with van der Waals surface area (Å²) >= 11 is 0. The number of nitrogens with zero attached hydrogens (tertiary/aromatic N) is 3. The number of benzene rings is 1. The molecule has 2 aromatic rings. The van der Waals surface area contributed by atoms with E-state index in [1.54, 1.807) is 26.1 Å². The lowest BCUT2D eigenvalue weighted by atomic mass is 10.1. The maximum absolute atomic E-state index is 13.7. The van der Waals surface area contributed by atoms with Crippen LogP contribution in [0.1, 0.15) is 30.5 Å².